The van der Waals surface area contributed by atoms with Gasteiger partial charge in [-0.25, -0.2) is 4.79 Å². The van der Waals surface area contributed by atoms with Crippen LogP contribution in [0, 0.1) is 0 Å². The zero-order chi connectivity index (χ0) is 12.6. The van der Waals surface area contributed by atoms with Crippen LogP contribution in [0.15, 0.2) is 23.9 Å². The summed E-state index contributed by atoms with van der Waals surface area (Å²) in [5, 5.41) is -0.148. The number of hydrogen-bond acceptors (Lipinski definition) is 5. The highest BCUT2D eigenvalue weighted by Gasteiger charge is 2.51. The van der Waals surface area contributed by atoms with Crippen LogP contribution in [0.5, 0.6) is 0 Å². The van der Waals surface area contributed by atoms with E-state index in [9.17, 15) is 9.59 Å². The summed E-state index contributed by atoms with van der Waals surface area (Å²) in [6.07, 6.45) is 1.59. The third kappa shape index (κ3) is 1.77. The number of ether oxygens (including phenoxy) is 1. The van der Waals surface area contributed by atoms with E-state index in [1.54, 1.807) is 13.0 Å². The van der Waals surface area contributed by atoms with Gasteiger partial charge in [-0.05, 0) is 12.5 Å². The fourth-order valence-corrected chi connectivity index (χ4v) is 3.17. The SMILES string of the molecule is C=CC1=C(C(=O)OCC)N2C(=O)C(N)[C@H]2SC1. The fraction of sp³-hybridized carbons (Fsp3) is 0.455. The molecule has 1 amide bonds. The zero-order valence-electron chi connectivity index (χ0n) is 9.51. The number of fused-ring (bicyclic) bond motifs is 1. The number of nitrogens with two attached hydrogens (primary N) is 1. The minimum absolute atomic E-state index is 0.148. The summed E-state index contributed by atoms with van der Waals surface area (Å²) in [5.74, 6) is -0.0858. The van der Waals surface area contributed by atoms with E-state index in [4.69, 9.17) is 10.5 Å². The van der Waals surface area contributed by atoms with Crippen LogP contribution in [0.4, 0.5) is 0 Å². The van der Waals surface area contributed by atoms with Crippen LogP contribution < -0.4 is 5.73 Å². The number of carbonyl (C=O) groups excluding carboxylic acids is 2. The van der Waals surface area contributed by atoms with Crippen LogP contribution in [-0.2, 0) is 14.3 Å². The fourth-order valence-electron chi connectivity index (χ4n) is 1.88. The normalized spacial score (nSPS) is 27.4. The van der Waals surface area contributed by atoms with Gasteiger partial charge < -0.3 is 10.5 Å². The summed E-state index contributed by atoms with van der Waals surface area (Å²) >= 11 is 1.54. The summed E-state index contributed by atoms with van der Waals surface area (Å²) in [4.78, 5) is 24.9. The van der Waals surface area contributed by atoms with Gasteiger partial charge in [0.1, 0.15) is 17.1 Å². The second kappa shape index (κ2) is 4.54. The molecule has 0 radical (unpaired) electrons. The van der Waals surface area contributed by atoms with Gasteiger partial charge >= 0.3 is 5.97 Å². The summed E-state index contributed by atoms with van der Waals surface area (Å²) in [5.41, 5.74) is 6.72. The molecule has 1 fully saturated rings. The van der Waals surface area contributed by atoms with Gasteiger partial charge in [0.05, 0.1) is 6.61 Å². The van der Waals surface area contributed by atoms with Crippen molar-refractivity contribution >= 4 is 23.6 Å². The van der Waals surface area contributed by atoms with Crippen LogP contribution in [0.1, 0.15) is 6.92 Å². The Labute approximate surface area is 104 Å². The Hall–Kier alpha value is -1.27. The van der Waals surface area contributed by atoms with Crippen molar-refractivity contribution in [1.82, 2.24) is 4.90 Å². The first kappa shape index (κ1) is 12.2. The molecule has 2 atom stereocenters. The molecule has 2 heterocycles. The van der Waals surface area contributed by atoms with E-state index in [2.05, 4.69) is 6.58 Å². The highest BCUT2D eigenvalue weighted by atomic mass is 32.2. The van der Waals surface area contributed by atoms with Crippen molar-refractivity contribution < 1.29 is 14.3 Å². The number of esters is 1. The number of thioether (sulfide) groups is 1. The number of amides is 1. The van der Waals surface area contributed by atoms with Gasteiger partial charge in [0.25, 0.3) is 0 Å². The predicted molar refractivity (Wildman–Crippen MR) is 64.9 cm³/mol. The lowest BCUT2D eigenvalue weighted by Gasteiger charge is -2.48. The van der Waals surface area contributed by atoms with E-state index >= 15 is 0 Å². The third-order valence-corrected chi connectivity index (χ3v) is 4.08. The molecule has 0 aliphatic carbocycles. The van der Waals surface area contributed by atoms with Crippen molar-refractivity contribution in [2.45, 2.75) is 18.3 Å². The lowest BCUT2D eigenvalue weighted by molar-refractivity contribution is -0.150. The van der Waals surface area contributed by atoms with Gasteiger partial charge in [-0.1, -0.05) is 12.7 Å². The average molecular weight is 254 g/mol. The van der Waals surface area contributed by atoms with E-state index < -0.39 is 12.0 Å². The third-order valence-electron chi connectivity index (χ3n) is 2.75. The van der Waals surface area contributed by atoms with Gasteiger partial charge in [-0.2, -0.15) is 0 Å². The Morgan fingerprint density at radius 2 is 2.47 bits per heavy atom. The topological polar surface area (TPSA) is 72.6 Å². The maximum Gasteiger partial charge on any atom is 0.355 e. The molecule has 1 unspecified atom stereocenters. The van der Waals surface area contributed by atoms with Gasteiger partial charge in [-0.15, -0.1) is 11.8 Å². The maximum atomic E-state index is 11.8. The minimum Gasteiger partial charge on any atom is -0.461 e. The molecule has 1 saturated heterocycles. The first-order chi connectivity index (χ1) is 8.11. The Morgan fingerprint density at radius 3 is 3.06 bits per heavy atom. The molecule has 2 aliphatic heterocycles. The molecule has 0 aromatic rings. The second-order valence-corrected chi connectivity index (χ2v) is 4.84. The summed E-state index contributed by atoms with van der Waals surface area (Å²) in [7, 11) is 0. The molecule has 0 aromatic heterocycles. The molecule has 2 rings (SSSR count). The van der Waals surface area contributed by atoms with Crippen molar-refractivity contribution in [3.63, 3.8) is 0 Å². The second-order valence-electron chi connectivity index (χ2n) is 3.73. The Bertz CT molecular complexity index is 419. The van der Waals surface area contributed by atoms with Crippen molar-refractivity contribution in [1.29, 1.82) is 0 Å². The first-order valence-electron chi connectivity index (χ1n) is 5.34. The number of carbonyl (C=O) groups is 2. The average Bonchev–Trinajstić information content (AvgIpc) is 2.36. The van der Waals surface area contributed by atoms with Crippen molar-refractivity contribution in [3.8, 4) is 0 Å². The van der Waals surface area contributed by atoms with Crippen molar-refractivity contribution in [3.05, 3.63) is 23.9 Å². The van der Waals surface area contributed by atoms with E-state index in [1.165, 1.54) is 16.7 Å². The predicted octanol–water partition coefficient (Wildman–Crippen LogP) is 0.232. The molecule has 5 nitrogen and oxygen atoms in total. The van der Waals surface area contributed by atoms with Gasteiger partial charge in [0.2, 0.25) is 5.91 Å². The molecule has 0 spiro atoms. The van der Waals surface area contributed by atoms with E-state index in [0.29, 0.717) is 11.4 Å². The minimum atomic E-state index is -0.518. The maximum absolute atomic E-state index is 11.8. The number of β-lactam (4-membered cyclic amide) rings is 1. The molecule has 0 bridgehead atoms. The molecular formula is C11H14N2O3S. The lowest BCUT2D eigenvalue weighted by atomic mass is 10.0. The van der Waals surface area contributed by atoms with Gasteiger partial charge in [0, 0.05) is 5.75 Å². The van der Waals surface area contributed by atoms with Crippen LogP contribution in [0.3, 0.4) is 0 Å². The van der Waals surface area contributed by atoms with E-state index in [0.717, 1.165) is 5.57 Å². The van der Waals surface area contributed by atoms with Gasteiger partial charge in [-0.3, -0.25) is 9.69 Å². The van der Waals surface area contributed by atoms with E-state index in [1.807, 2.05) is 0 Å². The zero-order valence-corrected chi connectivity index (χ0v) is 10.3. The molecular weight excluding hydrogens is 240 g/mol. The van der Waals surface area contributed by atoms with Crippen molar-refractivity contribution in [2.24, 2.45) is 5.73 Å². The number of rotatable bonds is 3. The molecule has 0 saturated carbocycles. The lowest BCUT2D eigenvalue weighted by Crippen LogP contribution is -2.68. The van der Waals surface area contributed by atoms with Crippen LogP contribution in [0.25, 0.3) is 0 Å². The quantitative estimate of drug-likeness (QED) is 0.576. The molecule has 6 heteroatoms. The Kier molecular flexibility index (Phi) is 3.26. The highest BCUT2D eigenvalue weighted by molar-refractivity contribution is 8.00. The first-order valence-corrected chi connectivity index (χ1v) is 6.39. The number of nitrogens with zero attached hydrogens (tertiary/aromatic N) is 1. The van der Waals surface area contributed by atoms with Crippen LogP contribution in [0.2, 0.25) is 0 Å². The molecule has 17 heavy (non-hydrogen) atoms. The summed E-state index contributed by atoms with van der Waals surface area (Å²) in [6.45, 7) is 5.66. The van der Waals surface area contributed by atoms with Gasteiger partial charge in [0.15, 0.2) is 0 Å². The largest absolute Gasteiger partial charge is 0.461 e. The Balaban J connectivity index is 2.34. The number of allylic oxidation sites excluding steroid dienone is 1. The highest BCUT2D eigenvalue weighted by Crippen LogP contribution is 2.39. The smallest absolute Gasteiger partial charge is 0.355 e. The monoisotopic (exact) mass is 254 g/mol. The molecule has 92 valence electrons. The van der Waals surface area contributed by atoms with E-state index in [-0.39, 0.29) is 17.9 Å². The molecule has 2 aliphatic rings. The van der Waals surface area contributed by atoms with Crippen LogP contribution in [-0.4, -0.2) is 40.6 Å². The summed E-state index contributed by atoms with van der Waals surface area (Å²) in [6, 6.07) is -0.518. The molecule has 0 aromatic carbocycles. The summed E-state index contributed by atoms with van der Waals surface area (Å²) < 4.78 is 4.96. The van der Waals surface area contributed by atoms with Crippen molar-refractivity contribution in [2.75, 3.05) is 12.4 Å². The van der Waals surface area contributed by atoms with Crippen LogP contribution >= 0.6 is 11.8 Å². The Morgan fingerprint density at radius 1 is 1.76 bits per heavy atom. The molecule has 2 N–H and O–H groups in total. The standard InChI is InChI=1S/C11H14N2O3S/c1-3-6-5-17-10-7(12)9(14)13(10)8(6)11(15)16-4-2/h3,7,10H,1,4-5,12H2,2H3/t7?,10-/m1/s1. The number of hydrogen-bond donors (Lipinski definition) is 1.